The Morgan fingerprint density at radius 3 is 2.28 bits per heavy atom. The van der Waals surface area contributed by atoms with E-state index < -0.39 is 20.3 Å². The van der Waals surface area contributed by atoms with E-state index in [1.165, 1.54) is 6.33 Å². The number of nitrogens with one attached hydrogen (secondary N) is 1. The number of fused-ring (bicyclic) bond motifs is 1. The number of anilines is 1. The largest absolute Gasteiger partial charge is 0.461 e. The van der Waals surface area contributed by atoms with Gasteiger partial charge in [-0.2, -0.15) is 5.10 Å². The highest BCUT2D eigenvalue weighted by Crippen LogP contribution is 2.42. The third-order valence-corrected chi connectivity index (χ3v) is 14.8. The van der Waals surface area contributed by atoms with Crippen LogP contribution in [-0.2, 0) is 14.0 Å². The van der Waals surface area contributed by atoms with E-state index in [9.17, 15) is 4.79 Å². The zero-order valence-electron chi connectivity index (χ0n) is 26.6. The number of carbonyl (C=O) groups is 1. The minimum Gasteiger partial charge on any atom is -0.461 e. The van der Waals surface area contributed by atoms with Crippen LogP contribution in [0, 0.1) is 13.8 Å². The Hall–Kier alpha value is -3.19. The molecule has 43 heavy (non-hydrogen) atoms. The summed E-state index contributed by atoms with van der Waals surface area (Å²) in [4.78, 5) is 26.7. The molecule has 0 bridgehead atoms. The minimum atomic E-state index is -2.06. The number of rotatable bonds is 14. The monoisotopic (exact) mass is 624 g/mol. The molecule has 12 heteroatoms. The average Bonchev–Trinajstić information content (AvgIpc) is 3.58. The van der Waals surface area contributed by atoms with Crippen molar-refractivity contribution in [1.82, 2.24) is 24.7 Å². The van der Waals surface area contributed by atoms with Crippen molar-refractivity contribution >= 4 is 42.4 Å². The molecule has 2 atom stereocenters. The lowest BCUT2D eigenvalue weighted by molar-refractivity contribution is -0.127. The first-order chi connectivity index (χ1) is 20.4. The van der Waals surface area contributed by atoms with Crippen molar-refractivity contribution in [3.05, 3.63) is 52.7 Å². The number of hydrogen-bond donors (Lipinski definition) is 1. The van der Waals surface area contributed by atoms with Crippen LogP contribution in [0.15, 0.2) is 41.6 Å². The number of thiophene rings is 1. The van der Waals surface area contributed by atoms with Gasteiger partial charge in [-0.05, 0) is 60.0 Å². The van der Waals surface area contributed by atoms with E-state index in [-0.39, 0.29) is 18.6 Å². The molecule has 4 heterocycles. The summed E-state index contributed by atoms with van der Waals surface area (Å²) in [5, 5.41) is 12.1. The molecule has 0 saturated heterocycles. The van der Waals surface area contributed by atoms with Gasteiger partial charge in [-0.3, -0.25) is 4.79 Å². The van der Waals surface area contributed by atoms with Crippen molar-refractivity contribution in [2.45, 2.75) is 91.1 Å². The van der Waals surface area contributed by atoms with Crippen molar-refractivity contribution in [2.75, 3.05) is 18.5 Å². The molecule has 0 radical (unpaired) electrons. The molecule has 4 aromatic heterocycles. The van der Waals surface area contributed by atoms with Crippen molar-refractivity contribution in [3.63, 3.8) is 0 Å². The number of pyridine rings is 1. The van der Waals surface area contributed by atoms with Crippen LogP contribution in [0.3, 0.4) is 0 Å². The lowest BCUT2D eigenvalue weighted by atomic mass is 10.3. The molecule has 10 nitrogen and oxygen atoms in total. The van der Waals surface area contributed by atoms with Gasteiger partial charge in [0.2, 0.25) is 12.0 Å². The topological polar surface area (TPSA) is 113 Å². The summed E-state index contributed by atoms with van der Waals surface area (Å²) in [7, 11) is -2.06. The second-order valence-electron chi connectivity index (χ2n) is 12.0. The van der Waals surface area contributed by atoms with Crippen molar-refractivity contribution in [3.8, 4) is 11.6 Å². The summed E-state index contributed by atoms with van der Waals surface area (Å²) in [6.07, 6.45) is 3.50. The van der Waals surface area contributed by atoms with E-state index in [2.05, 4.69) is 72.3 Å². The van der Waals surface area contributed by atoms with Gasteiger partial charge in [0, 0.05) is 11.6 Å². The number of hydrogen-bond acceptors (Lipinski definition) is 9. The standard InChI is InChI=1S/C31H44N6O4SSi/c1-19(2)43(20(3)4,21(5)6)40-14-24(9)39-15-27(30(38)36-28-11-10-22(7)12-32-28)41-31-25-13-35-37(29(25)33-18-34-31)26-17-42-16-23(26)8/h10-13,16-21,24,27H,14-15H2,1-9H3,(H,32,36,38)/t24?,27-/m0/s1. The summed E-state index contributed by atoms with van der Waals surface area (Å²) < 4.78 is 21.0. The Kier molecular flexibility index (Phi) is 10.7. The third kappa shape index (κ3) is 7.31. The molecule has 1 amide bonds. The molecule has 1 unspecified atom stereocenters. The van der Waals surface area contributed by atoms with Crippen molar-refractivity contribution in [2.24, 2.45) is 0 Å². The number of amides is 1. The zero-order valence-corrected chi connectivity index (χ0v) is 28.4. The lowest BCUT2D eigenvalue weighted by Gasteiger charge is -2.42. The maximum absolute atomic E-state index is 13.5. The molecule has 0 aliphatic rings. The maximum atomic E-state index is 13.5. The Balaban J connectivity index is 1.54. The summed E-state index contributed by atoms with van der Waals surface area (Å²) in [6, 6.07) is 3.64. The van der Waals surface area contributed by atoms with Crippen molar-refractivity contribution < 1.29 is 18.7 Å². The Morgan fingerprint density at radius 1 is 0.953 bits per heavy atom. The number of aromatic nitrogens is 5. The van der Waals surface area contributed by atoms with Crippen LogP contribution in [0.2, 0.25) is 16.6 Å². The second kappa shape index (κ2) is 14.1. The molecule has 4 aromatic rings. The number of ether oxygens (including phenoxy) is 2. The summed E-state index contributed by atoms with van der Waals surface area (Å²) >= 11 is 1.59. The first kappa shape index (κ1) is 32.7. The van der Waals surface area contributed by atoms with Gasteiger partial charge in [0.1, 0.15) is 17.5 Å². The van der Waals surface area contributed by atoms with Crippen LogP contribution < -0.4 is 10.1 Å². The van der Waals surface area contributed by atoms with E-state index in [0.717, 1.165) is 16.8 Å². The van der Waals surface area contributed by atoms with E-state index in [4.69, 9.17) is 13.9 Å². The van der Waals surface area contributed by atoms with Crippen LogP contribution in [-0.4, -0.2) is 64.4 Å². The maximum Gasteiger partial charge on any atom is 0.269 e. The van der Waals surface area contributed by atoms with Gasteiger partial charge in [-0.15, -0.1) is 11.3 Å². The SMILES string of the molecule is Cc1ccc(NC(=O)[C@H](COC(C)CO[Si](C(C)C)(C(C)C)C(C)C)Oc2ncnc3c2cnn3-c2cscc2C)nc1. The fraction of sp³-hybridized carbons (Fsp3) is 0.516. The van der Waals surface area contributed by atoms with Crippen LogP contribution in [0.1, 0.15) is 59.6 Å². The van der Waals surface area contributed by atoms with Crippen molar-refractivity contribution in [1.29, 1.82) is 0 Å². The first-order valence-corrected chi connectivity index (χ1v) is 17.9. The van der Waals surface area contributed by atoms with Gasteiger partial charge in [0.15, 0.2) is 14.0 Å². The molecule has 0 aliphatic carbocycles. The molecule has 0 spiro atoms. The molecular weight excluding hydrogens is 581 g/mol. The number of nitrogens with zero attached hydrogens (tertiary/aromatic N) is 5. The fourth-order valence-electron chi connectivity index (χ4n) is 5.77. The predicted molar refractivity (Wildman–Crippen MR) is 174 cm³/mol. The van der Waals surface area contributed by atoms with Gasteiger partial charge < -0.3 is 19.2 Å². The molecule has 1 N–H and O–H groups in total. The highest BCUT2D eigenvalue weighted by atomic mass is 32.1. The highest BCUT2D eigenvalue weighted by molar-refractivity contribution is 7.08. The molecule has 4 rings (SSSR count). The highest BCUT2D eigenvalue weighted by Gasteiger charge is 2.45. The molecule has 232 valence electrons. The average molecular weight is 625 g/mol. The van der Waals surface area contributed by atoms with Crippen LogP contribution in [0.4, 0.5) is 5.82 Å². The zero-order chi connectivity index (χ0) is 31.3. The predicted octanol–water partition coefficient (Wildman–Crippen LogP) is 6.87. The molecule has 0 aromatic carbocycles. The summed E-state index contributed by atoms with van der Waals surface area (Å²) in [6.45, 7) is 19.9. The Labute approximate surface area is 259 Å². The summed E-state index contributed by atoms with van der Waals surface area (Å²) in [5.41, 5.74) is 4.99. The minimum absolute atomic E-state index is 0.00884. The quantitative estimate of drug-likeness (QED) is 0.151. The van der Waals surface area contributed by atoms with E-state index >= 15 is 0 Å². The van der Waals surface area contributed by atoms with E-state index in [1.54, 1.807) is 34.5 Å². The van der Waals surface area contributed by atoms with E-state index in [0.29, 0.717) is 40.1 Å². The van der Waals surface area contributed by atoms with Gasteiger partial charge in [-0.25, -0.2) is 19.6 Å². The van der Waals surface area contributed by atoms with Gasteiger partial charge in [0.25, 0.3) is 5.91 Å². The fourth-order valence-corrected chi connectivity index (χ4v) is 12.1. The van der Waals surface area contributed by atoms with Gasteiger partial charge in [0.05, 0.1) is 31.2 Å². The van der Waals surface area contributed by atoms with E-state index in [1.807, 2.05) is 32.2 Å². The van der Waals surface area contributed by atoms with Gasteiger partial charge in [-0.1, -0.05) is 47.6 Å². The third-order valence-electron chi connectivity index (χ3n) is 7.90. The second-order valence-corrected chi connectivity index (χ2v) is 18.2. The Morgan fingerprint density at radius 2 is 1.67 bits per heavy atom. The Bertz CT molecular complexity index is 1480. The molecule has 0 aliphatic heterocycles. The first-order valence-electron chi connectivity index (χ1n) is 14.8. The molecular formula is C31H44N6O4SSi. The normalized spacial score (nSPS) is 13.7. The van der Waals surface area contributed by atoms with Crippen LogP contribution in [0.5, 0.6) is 5.88 Å². The van der Waals surface area contributed by atoms with Crippen LogP contribution >= 0.6 is 11.3 Å². The molecule has 0 fully saturated rings. The lowest BCUT2D eigenvalue weighted by Crippen LogP contribution is -2.49. The smallest absolute Gasteiger partial charge is 0.269 e. The summed E-state index contributed by atoms with van der Waals surface area (Å²) in [5.74, 6) is 0.280. The number of aryl methyl sites for hydroxylation is 2. The van der Waals surface area contributed by atoms with Gasteiger partial charge >= 0.3 is 0 Å². The molecule has 0 saturated carbocycles. The van der Waals surface area contributed by atoms with Crippen LogP contribution in [0.25, 0.3) is 16.7 Å². The number of carbonyl (C=O) groups excluding carboxylic acids is 1.